The van der Waals surface area contributed by atoms with Crippen LogP contribution in [0.5, 0.6) is 0 Å². The zero-order chi connectivity index (χ0) is 21.3. The van der Waals surface area contributed by atoms with Crippen molar-refractivity contribution < 1.29 is 4.52 Å². The normalized spacial score (nSPS) is 11.3. The van der Waals surface area contributed by atoms with E-state index >= 15 is 0 Å². The highest BCUT2D eigenvalue weighted by atomic mass is 16.5. The fourth-order valence-corrected chi connectivity index (χ4v) is 2.90. The molecule has 7 heteroatoms. The number of aliphatic imine (C=N–C) groups is 1. The predicted molar refractivity (Wildman–Crippen MR) is 122 cm³/mol. The zero-order valence-corrected chi connectivity index (χ0v) is 17.3. The third-order valence-electron chi connectivity index (χ3n) is 4.57. The lowest BCUT2D eigenvalue weighted by molar-refractivity contribution is 0.421. The minimum absolute atomic E-state index is 0.422. The summed E-state index contributed by atoms with van der Waals surface area (Å²) in [6.45, 7) is 3.26. The van der Waals surface area contributed by atoms with Gasteiger partial charge in [-0.15, -0.1) is 0 Å². The van der Waals surface area contributed by atoms with Gasteiger partial charge in [-0.25, -0.2) is 4.99 Å². The molecule has 0 aliphatic rings. The molecule has 4 rings (SSSR count). The summed E-state index contributed by atoms with van der Waals surface area (Å²) < 4.78 is 5.32. The maximum absolute atomic E-state index is 5.32. The molecule has 7 nitrogen and oxygen atoms in total. The van der Waals surface area contributed by atoms with Gasteiger partial charge in [-0.2, -0.15) is 4.98 Å². The minimum atomic E-state index is 0.422. The van der Waals surface area contributed by atoms with Crippen LogP contribution in [-0.4, -0.2) is 27.6 Å². The molecular formula is C24H24N6O. The number of rotatable bonds is 7. The molecule has 0 amide bonds. The van der Waals surface area contributed by atoms with Crippen LogP contribution >= 0.6 is 0 Å². The van der Waals surface area contributed by atoms with E-state index in [4.69, 9.17) is 9.52 Å². The number of para-hydroxylation sites is 1. The molecule has 2 aromatic heterocycles. The number of benzene rings is 2. The lowest BCUT2D eigenvalue weighted by Crippen LogP contribution is -2.32. The number of aromatic nitrogens is 3. The van der Waals surface area contributed by atoms with Gasteiger partial charge in [-0.05, 0) is 36.8 Å². The van der Waals surface area contributed by atoms with Crippen LogP contribution in [0.1, 0.15) is 17.0 Å². The Morgan fingerprint density at radius 2 is 1.77 bits per heavy atom. The van der Waals surface area contributed by atoms with Crippen molar-refractivity contribution in [2.45, 2.75) is 19.9 Å². The highest BCUT2D eigenvalue weighted by Gasteiger charge is 2.09. The molecule has 156 valence electrons. The molecule has 0 atom stereocenters. The van der Waals surface area contributed by atoms with Crippen molar-refractivity contribution in [3.63, 3.8) is 0 Å². The van der Waals surface area contributed by atoms with Gasteiger partial charge >= 0.3 is 0 Å². The Bertz CT molecular complexity index is 1110. The van der Waals surface area contributed by atoms with E-state index in [1.54, 1.807) is 6.20 Å². The van der Waals surface area contributed by atoms with E-state index in [0.717, 1.165) is 11.3 Å². The van der Waals surface area contributed by atoms with Gasteiger partial charge in [0.25, 0.3) is 5.89 Å². The van der Waals surface area contributed by atoms with Crippen LogP contribution in [0.3, 0.4) is 0 Å². The Kier molecular flexibility index (Phi) is 6.64. The van der Waals surface area contributed by atoms with Crippen molar-refractivity contribution in [2.75, 3.05) is 11.9 Å². The van der Waals surface area contributed by atoms with E-state index in [2.05, 4.69) is 56.9 Å². The van der Waals surface area contributed by atoms with Crippen LogP contribution in [-0.2, 0) is 13.0 Å². The molecule has 0 fully saturated rings. The third kappa shape index (κ3) is 5.99. The summed E-state index contributed by atoms with van der Waals surface area (Å²) in [7, 11) is 0. The van der Waals surface area contributed by atoms with E-state index in [0.29, 0.717) is 42.9 Å². The summed E-state index contributed by atoms with van der Waals surface area (Å²) in [5.74, 6) is 1.73. The fourth-order valence-electron chi connectivity index (χ4n) is 2.90. The first-order valence-corrected chi connectivity index (χ1v) is 10.2. The molecule has 0 radical (unpaired) electrons. The van der Waals surface area contributed by atoms with Gasteiger partial charge in [0.1, 0.15) is 5.69 Å². The van der Waals surface area contributed by atoms with Gasteiger partial charge in [0.15, 0.2) is 11.8 Å². The Balaban J connectivity index is 1.39. The largest absolute Gasteiger partial charge is 0.356 e. The van der Waals surface area contributed by atoms with Gasteiger partial charge in [0, 0.05) is 24.8 Å². The predicted octanol–water partition coefficient (Wildman–Crippen LogP) is 4.24. The molecule has 0 unspecified atom stereocenters. The van der Waals surface area contributed by atoms with Crippen molar-refractivity contribution in [2.24, 2.45) is 4.99 Å². The van der Waals surface area contributed by atoms with Crippen molar-refractivity contribution in [3.05, 3.63) is 95.9 Å². The summed E-state index contributed by atoms with van der Waals surface area (Å²) in [5, 5.41) is 10.7. The standard InChI is InChI=1S/C24H24N6O/c1-18-10-12-19(13-11-18)17-27-24(28-20-7-3-2-4-8-20)26-16-14-22-29-23(31-30-22)21-9-5-6-15-25-21/h2-13,15H,14,16-17H2,1H3,(H2,26,27,28). The molecule has 0 saturated heterocycles. The van der Waals surface area contributed by atoms with Gasteiger partial charge in [-0.3, -0.25) is 4.98 Å². The summed E-state index contributed by atoms with van der Waals surface area (Å²) >= 11 is 0. The van der Waals surface area contributed by atoms with E-state index in [1.165, 1.54) is 5.56 Å². The van der Waals surface area contributed by atoms with Crippen LogP contribution in [0, 0.1) is 6.92 Å². The highest BCUT2D eigenvalue weighted by molar-refractivity contribution is 5.93. The van der Waals surface area contributed by atoms with Crippen molar-refractivity contribution in [1.29, 1.82) is 0 Å². The second-order valence-electron chi connectivity index (χ2n) is 7.05. The number of guanidine groups is 1. The Hall–Kier alpha value is -4.00. The summed E-state index contributed by atoms with van der Waals surface area (Å²) in [4.78, 5) is 13.4. The van der Waals surface area contributed by atoms with E-state index < -0.39 is 0 Å². The maximum atomic E-state index is 5.32. The third-order valence-corrected chi connectivity index (χ3v) is 4.57. The van der Waals surface area contributed by atoms with Crippen LogP contribution < -0.4 is 10.6 Å². The Morgan fingerprint density at radius 3 is 2.55 bits per heavy atom. The van der Waals surface area contributed by atoms with Crippen molar-refractivity contribution >= 4 is 11.6 Å². The van der Waals surface area contributed by atoms with Crippen molar-refractivity contribution in [3.8, 4) is 11.6 Å². The number of hydrogen-bond donors (Lipinski definition) is 2. The first-order chi connectivity index (χ1) is 15.3. The number of nitrogens with zero attached hydrogens (tertiary/aromatic N) is 4. The molecule has 2 N–H and O–H groups in total. The topological polar surface area (TPSA) is 88.2 Å². The molecular weight excluding hydrogens is 388 g/mol. The molecule has 0 aliphatic heterocycles. The number of aryl methyl sites for hydroxylation is 1. The van der Waals surface area contributed by atoms with Crippen LogP contribution in [0.2, 0.25) is 0 Å². The average molecular weight is 412 g/mol. The average Bonchev–Trinajstić information content (AvgIpc) is 3.29. The molecule has 2 heterocycles. The molecule has 4 aromatic rings. The van der Waals surface area contributed by atoms with Crippen LogP contribution in [0.15, 0.2) is 88.5 Å². The molecule has 0 aliphatic carbocycles. The lowest BCUT2D eigenvalue weighted by atomic mass is 10.1. The summed E-state index contributed by atoms with van der Waals surface area (Å²) in [5.41, 5.74) is 4.02. The Labute approximate surface area is 181 Å². The Morgan fingerprint density at radius 1 is 0.968 bits per heavy atom. The van der Waals surface area contributed by atoms with E-state index in [1.807, 2.05) is 48.5 Å². The highest BCUT2D eigenvalue weighted by Crippen LogP contribution is 2.13. The second kappa shape index (κ2) is 10.2. The number of pyridine rings is 1. The van der Waals surface area contributed by atoms with Gasteiger partial charge in [-0.1, -0.05) is 59.3 Å². The number of hydrogen-bond acceptors (Lipinski definition) is 5. The van der Waals surface area contributed by atoms with E-state index in [9.17, 15) is 0 Å². The molecule has 0 bridgehead atoms. The smallest absolute Gasteiger partial charge is 0.276 e. The van der Waals surface area contributed by atoms with Crippen LogP contribution in [0.4, 0.5) is 5.69 Å². The first kappa shape index (κ1) is 20.3. The van der Waals surface area contributed by atoms with E-state index in [-0.39, 0.29) is 0 Å². The first-order valence-electron chi connectivity index (χ1n) is 10.2. The maximum Gasteiger partial charge on any atom is 0.276 e. The SMILES string of the molecule is Cc1ccc(CN=C(NCCc2noc(-c3ccccn3)n2)Nc2ccccc2)cc1. The number of anilines is 1. The molecule has 31 heavy (non-hydrogen) atoms. The summed E-state index contributed by atoms with van der Waals surface area (Å²) in [6, 6.07) is 23.9. The van der Waals surface area contributed by atoms with Crippen LogP contribution in [0.25, 0.3) is 11.6 Å². The van der Waals surface area contributed by atoms with Gasteiger partial charge in [0.05, 0.1) is 6.54 Å². The fraction of sp³-hybridized carbons (Fsp3) is 0.167. The molecule has 0 saturated carbocycles. The lowest BCUT2D eigenvalue weighted by Gasteiger charge is -2.12. The van der Waals surface area contributed by atoms with Crippen molar-refractivity contribution in [1.82, 2.24) is 20.4 Å². The number of nitrogens with one attached hydrogen (secondary N) is 2. The van der Waals surface area contributed by atoms with Gasteiger partial charge < -0.3 is 15.2 Å². The minimum Gasteiger partial charge on any atom is -0.356 e. The van der Waals surface area contributed by atoms with Gasteiger partial charge in [0.2, 0.25) is 0 Å². The second-order valence-corrected chi connectivity index (χ2v) is 7.05. The molecule has 0 spiro atoms. The quantitative estimate of drug-likeness (QED) is 0.349. The monoisotopic (exact) mass is 412 g/mol. The summed E-state index contributed by atoms with van der Waals surface area (Å²) in [6.07, 6.45) is 2.29. The zero-order valence-electron chi connectivity index (χ0n) is 17.3. The molecule has 2 aromatic carbocycles.